The zero-order valence-electron chi connectivity index (χ0n) is 13.2. The molecule has 1 saturated heterocycles. The van der Waals surface area contributed by atoms with Crippen LogP contribution in [0.3, 0.4) is 0 Å². The van der Waals surface area contributed by atoms with Gasteiger partial charge in [0.05, 0.1) is 5.56 Å². The predicted molar refractivity (Wildman–Crippen MR) is 94.2 cm³/mol. The average molecular weight is 332 g/mol. The van der Waals surface area contributed by atoms with E-state index in [4.69, 9.17) is 4.74 Å². The number of ether oxygens (including phenoxy) is 1. The molecule has 1 aliphatic rings. The van der Waals surface area contributed by atoms with E-state index in [0.29, 0.717) is 5.56 Å². The molecule has 2 aromatic carbocycles. The summed E-state index contributed by atoms with van der Waals surface area (Å²) in [6, 6.07) is 19.6. The molecule has 0 amide bonds. The SMILES string of the molecule is CN1CCC(c2ccccc2)C(OC(=O)c2ccccc2)C1.Cl. The number of carbonyl (C=O) groups is 1. The second-order valence-electron chi connectivity index (χ2n) is 5.88. The fraction of sp³-hybridized carbons (Fsp3) is 0.316. The number of likely N-dealkylation sites (N-methyl/N-ethyl adjacent to an activating group) is 1. The van der Waals surface area contributed by atoms with Crippen LogP contribution in [0, 0.1) is 0 Å². The number of carbonyl (C=O) groups excluding carboxylic acids is 1. The van der Waals surface area contributed by atoms with E-state index in [9.17, 15) is 4.79 Å². The van der Waals surface area contributed by atoms with Crippen LogP contribution in [-0.4, -0.2) is 37.1 Å². The summed E-state index contributed by atoms with van der Waals surface area (Å²) in [5.41, 5.74) is 1.86. The van der Waals surface area contributed by atoms with E-state index in [2.05, 4.69) is 24.1 Å². The van der Waals surface area contributed by atoms with Gasteiger partial charge in [-0.3, -0.25) is 0 Å². The van der Waals surface area contributed by atoms with E-state index in [1.165, 1.54) is 5.56 Å². The molecule has 0 N–H and O–H groups in total. The summed E-state index contributed by atoms with van der Waals surface area (Å²) in [6.45, 7) is 1.80. The number of hydrogen-bond donors (Lipinski definition) is 0. The number of nitrogens with zero attached hydrogens (tertiary/aromatic N) is 1. The van der Waals surface area contributed by atoms with Crippen molar-refractivity contribution in [2.24, 2.45) is 0 Å². The quantitative estimate of drug-likeness (QED) is 0.802. The van der Waals surface area contributed by atoms with Gasteiger partial charge in [-0.15, -0.1) is 12.4 Å². The summed E-state index contributed by atoms with van der Waals surface area (Å²) in [5.74, 6) is 0.0342. The number of esters is 1. The van der Waals surface area contributed by atoms with Crippen molar-refractivity contribution in [1.29, 1.82) is 0 Å². The fourth-order valence-electron chi connectivity index (χ4n) is 3.05. The molecule has 3 nitrogen and oxygen atoms in total. The minimum Gasteiger partial charge on any atom is -0.457 e. The highest BCUT2D eigenvalue weighted by Gasteiger charge is 2.32. The Morgan fingerprint density at radius 3 is 2.30 bits per heavy atom. The molecule has 0 aliphatic carbocycles. The standard InChI is InChI=1S/C19H21NO2.ClH/c1-20-13-12-17(15-8-4-2-5-9-15)18(14-20)22-19(21)16-10-6-3-7-11-16;/h2-11,17-18H,12-14H2,1H3;1H. The predicted octanol–water partition coefficient (Wildman–Crippen LogP) is 3.75. The molecule has 2 aromatic rings. The highest BCUT2D eigenvalue weighted by molar-refractivity contribution is 5.89. The van der Waals surface area contributed by atoms with Crippen molar-refractivity contribution in [3.05, 3.63) is 71.8 Å². The maximum atomic E-state index is 12.4. The lowest BCUT2D eigenvalue weighted by Gasteiger charge is -2.36. The first-order valence-electron chi connectivity index (χ1n) is 7.73. The van der Waals surface area contributed by atoms with E-state index >= 15 is 0 Å². The summed E-state index contributed by atoms with van der Waals surface area (Å²) in [4.78, 5) is 14.6. The van der Waals surface area contributed by atoms with E-state index in [-0.39, 0.29) is 30.4 Å². The molecular weight excluding hydrogens is 310 g/mol. The Kier molecular flexibility index (Phi) is 6.20. The smallest absolute Gasteiger partial charge is 0.338 e. The first kappa shape index (κ1) is 17.5. The third kappa shape index (κ3) is 4.34. The second kappa shape index (κ2) is 8.14. The maximum absolute atomic E-state index is 12.4. The van der Waals surface area contributed by atoms with Crippen LogP contribution in [0.4, 0.5) is 0 Å². The van der Waals surface area contributed by atoms with Gasteiger partial charge in [0.15, 0.2) is 0 Å². The van der Waals surface area contributed by atoms with Crippen molar-refractivity contribution in [2.75, 3.05) is 20.1 Å². The summed E-state index contributed by atoms with van der Waals surface area (Å²) in [7, 11) is 2.07. The topological polar surface area (TPSA) is 29.5 Å². The lowest BCUT2D eigenvalue weighted by molar-refractivity contribution is 0.00224. The third-order valence-electron chi connectivity index (χ3n) is 4.26. The lowest BCUT2D eigenvalue weighted by atomic mass is 9.87. The molecular formula is C19H22ClNO2. The zero-order valence-corrected chi connectivity index (χ0v) is 14.0. The van der Waals surface area contributed by atoms with Gasteiger partial charge in [0, 0.05) is 12.5 Å². The third-order valence-corrected chi connectivity index (χ3v) is 4.26. The zero-order chi connectivity index (χ0) is 15.4. The van der Waals surface area contributed by atoms with Crippen LogP contribution in [0.25, 0.3) is 0 Å². The van der Waals surface area contributed by atoms with Crippen molar-refractivity contribution in [1.82, 2.24) is 4.90 Å². The molecule has 2 unspecified atom stereocenters. The van der Waals surface area contributed by atoms with Crippen molar-refractivity contribution in [2.45, 2.75) is 18.4 Å². The van der Waals surface area contributed by atoms with Crippen molar-refractivity contribution in [3.63, 3.8) is 0 Å². The first-order chi connectivity index (χ1) is 10.7. The highest BCUT2D eigenvalue weighted by atomic mass is 35.5. The Hall–Kier alpha value is -1.84. The fourth-order valence-corrected chi connectivity index (χ4v) is 3.05. The van der Waals surface area contributed by atoms with E-state index in [1.54, 1.807) is 12.1 Å². The largest absolute Gasteiger partial charge is 0.457 e. The Morgan fingerprint density at radius 1 is 1.04 bits per heavy atom. The maximum Gasteiger partial charge on any atom is 0.338 e. The Balaban J connectivity index is 0.00000192. The highest BCUT2D eigenvalue weighted by Crippen LogP contribution is 2.30. The molecule has 3 rings (SSSR count). The van der Waals surface area contributed by atoms with Gasteiger partial charge in [0.25, 0.3) is 0 Å². The van der Waals surface area contributed by atoms with Crippen LogP contribution in [0.5, 0.6) is 0 Å². The van der Waals surface area contributed by atoms with E-state index in [0.717, 1.165) is 19.5 Å². The minimum absolute atomic E-state index is 0. The molecule has 0 radical (unpaired) electrons. The Morgan fingerprint density at radius 2 is 1.65 bits per heavy atom. The summed E-state index contributed by atoms with van der Waals surface area (Å²) in [5, 5.41) is 0. The number of likely N-dealkylation sites (tertiary alicyclic amines) is 1. The van der Waals surface area contributed by atoms with Gasteiger partial charge < -0.3 is 9.64 Å². The second-order valence-corrected chi connectivity index (χ2v) is 5.88. The normalized spacial score (nSPS) is 21.3. The average Bonchev–Trinajstić information content (AvgIpc) is 2.56. The van der Waals surface area contributed by atoms with Crippen molar-refractivity contribution < 1.29 is 9.53 Å². The van der Waals surface area contributed by atoms with Crippen LogP contribution >= 0.6 is 12.4 Å². The summed E-state index contributed by atoms with van der Waals surface area (Å²) >= 11 is 0. The monoisotopic (exact) mass is 331 g/mol. The van der Waals surface area contributed by atoms with E-state index in [1.807, 2.05) is 36.4 Å². The van der Waals surface area contributed by atoms with Crippen molar-refractivity contribution >= 4 is 18.4 Å². The first-order valence-corrected chi connectivity index (χ1v) is 7.73. The number of halogens is 1. The molecule has 4 heteroatoms. The molecule has 1 fully saturated rings. The number of piperidine rings is 1. The van der Waals surface area contributed by atoms with Crippen molar-refractivity contribution in [3.8, 4) is 0 Å². The number of benzene rings is 2. The van der Waals surface area contributed by atoms with Gasteiger partial charge in [0.1, 0.15) is 6.10 Å². The molecule has 0 bridgehead atoms. The summed E-state index contributed by atoms with van der Waals surface area (Å²) in [6.07, 6.45) is 0.904. The van der Waals surface area contributed by atoms with Crippen LogP contribution in [-0.2, 0) is 4.74 Å². The summed E-state index contributed by atoms with van der Waals surface area (Å²) < 4.78 is 5.83. The Labute approximate surface area is 143 Å². The molecule has 0 spiro atoms. The van der Waals surface area contributed by atoms with Crippen LogP contribution < -0.4 is 0 Å². The van der Waals surface area contributed by atoms with Crippen LogP contribution in [0.1, 0.15) is 28.3 Å². The number of rotatable bonds is 3. The van der Waals surface area contributed by atoms with Gasteiger partial charge in [-0.1, -0.05) is 48.5 Å². The molecule has 2 atom stereocenters. The molecule has 23 heavy (non-hydrogen) atoms. The molecule has 122 valence electrons. The van der Waals surface area contributed by atoms with Gasteiger partial charge in [-0.05, 0) is 37.7 Å². The van der Waals surface area contributed by atoms with Gasteiger partial charge >= 0.3 is 5.97 Å². The number of hydrogen-bond acceptors (Lipinski definition) is 3. The van der Waals surface area contributed by atoms with Crippen LogP contribution in [0.15, 0.2) is 60.7 Å². The lowest BCUT2D eigenvalue weighted by Crippen LogP contribution is -2.43. The molecule has 0 saturated carbocycles. The van der Waals surface area contributed by atoms with Gasteiger partial charge in [-0.2, -0.15) is 0 Å². The van der Waals surface area contributed by atoms with Gasteiger partial charge in [0.2, 0.25) is 0 Å². The Bertz CT molecular complexity index is 618. The molecule has 0 aromatic heterocycles. The molecule has 1 heterocycles. The van der Waals surface area contributed by atoms with Gasteiger partial charge in [-0.25, -0.2) is 4.79 Å². The van der Waals surface area contributed by atoms with E-state index < -0.39 is 0 Å². The molecule has 1 aliphatic heterocycles. The van der Waals surface area contributed by atoms with Crippen LogP contribution in [0.2, 0.25) is 0 Å². The minimum atomic E-state index is -0.234.